The van der Waals surface area contributed by atoms with E-state index in [1.807, 2.05) is 0 Å². The average molecular weight is 364 g/mol. The van der Waals surface area contributed by atoms with Crippen molar-refractivity contribution in [2.24, 2.45) is 0 Å². The molecule has 0 spiro atoms. The molecule has 0 heterocycles. The molecular weight excluding hydrogens is 345 g/mol. The van der Waals surface area contributed by atoms with Crippen LogP contribution in [0.2, 0.25) is 10.0 Å². The van der Waals surface area contributed by atoms with Crippen LogP contribution >= 0.6 is 23.2 Å². The van der Waals surface area contributed by atoms with E-state index < -0.39 is 9.84 Å². The number of benzene rings is 1. The smallest absolute Gasteiger partial charge is 0.227 e. The maximum Gasteiger partial charge on any atom is 0.227 e. The van der Waals surface area contributed by atoms with Crippen LogP contribution in [0.3, 0.4) is 0 Å². The number of hydrogen-bond donors (Lipinski definition) is 0. The van der Waals surface area contributed by atoms with Crippen molar-refractivity contribution >= 4 is 38.9 Å². The Bertz CT molecular complexity index is 651. The van der Waals surface area contributed by atoms with Crippen molar-refractivity contribution < 1.29 is 13.2 Å². The highest BCUT2D eigenvalue weighted by Crippen LogP contribution is 2.31. The minimum atomic E-state index is -3.14. The quantitative estimate of drug-likeness (QED) is 0.780. The number of nitrogens with zero attached hydrogens (tertiary/aromatic N) is 1. The highest BCUT2D eigenvalue weighted by molar-refractivity contribution is 7.90. The summed E-state index contributed by atoms with van der Waals surface area (Å²) in [6, 6.07) is 4.89. The van der Waals surface area contributed by atoms with Gasteiger partial charge in [-0.25, -0.2) is 8.42 Å². The zero-order chi connectivity index (χ0) is 16.5. The molecule has 0 bridgehead atoms. The van der Waals surface area contributed by atoms with Crippen LogP contribution in [0.25, 0.3) is 0 Å². The summed E-state index contributed by atoms with van der Waals surface area (Å²) in [5.74, 6) is -0.167. The summed E-state index contributed by atoms with van der Waals surface area (Å²) in [5, 5.41) is 0.903. The molecule has 1 atom stereocenters. The zero-order valence-corrected chi connectivity index (χ0v) is 14.9. The first-order valence-corrected chi connectivity index (χ1v) is 9.92. The van der Waals surface area contributed by atoms with Crippen molar-refractivity contribution in [2.45, 2.75) is 38.3 Å². The van der Waals surface area contributed by atoms with E-state index in [0.717, 1.165) is 12.8 Å². The lowest BCUT2D eigenvalue weighted by molar-refractivity contribution is -0.132. The monoisotopic (exact) mass is 363 g/mol. The molecule has 22 heavy (non-hydrogen) atoms. The van der Waals surface area contributed by atoms with E-state index in [4.69, 9.17) is 23.2 Å². The molecule has 1 fully saturated rings. The maximum absolute atomic E-state index is 12.6. The Hall–Kier alpha value is -0.780. The number of halogens is 2. The fourth-order valence-electron chi connectivity index (χ4n) is 2.62. The number of hydrogen-bond acceptors (Lipinski definition) is 3. The Kier molecular flexibility index (Phi) is 5.41. The molecule has 1 saturated carbocycles. The lowest BCUT2D eigenvalue weighted by Gasteiger charge is -2.29. The van der Waals surface area contributed by atoms with Gasteiger partial charge in [-0.05, 0) is 37.5 Å². The molecule has 122 valence electrons. The van der Waals surface area contributed by atoms with Crippen molar-refractivity contribution in [3.8, 4) is 0 Å². The van der Waals surface area contributed by atoms with Crippen molar-refractivity contribution in [3.05, 3.63) is 33.8 Å². The van der Waals surface area contributed by atoms with E-state index in [1.54, 1.807) is 30.0 Å². The highest BCUT2D eigenvalue weighted by atomic mass is 35.5. The van der Waals surface area contributed by atoms with E-state index in [-0.39, 0.29) is 30.2 Å². The summed E-state index contributed by atoms with van der Waals surface area (Å²) in [6.45, 7) is 1.77. The van der Waals surface area contributed by atoms with Gasteiger partial charge in [-0.15, -0.1) is 0 Å². The van der Waals surface area contributed by atoms with Gasteiger partial charge in [-0.3, -0.25) is 4.79 Å². The molecule has 1 aliphatic rings. The largest absolute Gasteiger partial charge is 0.336 e. The SMILES string of the molecule is CC(CS(C)(=O)=O)N(C(=O)Cc1c(Cl)cccc1Cl)C1CC1. The molecule has 4 nitrogen and oxygen atoms in total. The molecule has 1 amide bonds. The van der Waals surface area contributed by atoms with E-state index in [0.29, 0.717) is 15.6 Å². The third-order valence-electron chi connectivity index (χ3n) is 3.64. The van der Waals surface area contributed by atoms with Crippen molar-refractivity contribution in [1.82, 2.24) is 4.90 Å². The first kappa shape index (κ1) is 17.6. The third kappa shape index (κ3) is 4.61. The Morgan fingerprint density at radius 2 is 1.86 bits per heavy atom. The molecule has 0 saturated heterocycles. The second-order valence-corrected chi connectivity index (χ2v) is 8.85. The molecule has 0 aromatic heterocycles. The van der Waals surface area contributed by atoms with Crippen LogP contribution < -0.4 is 0 Å². The van der Waals surface area contributed by atoms with Gasteiger partial charge in [0.1, 0.15) is 9.84 Å². The predicted octanol–water partition coefficient (Wildman–Crippen LogP) is 2.96. The van der Waals surface area contributed by atoms with Gasteiger partial charge in [0, 0.05) is 28.4 Å². The molecule has 0 radical (unpaired) electrons. The van der Waals surface area contributed by atoms with Crippen molar-refractivity contribution in [1.29, 1.82) is 0 Å². The number of rotatable bonds is 6. The summed E-state index contributed by atoms with van der Waals surface area (Å²) in [4.78, 5) is 14.3. The van der Waals surface area contributed by atoms with Crippen LogP contribution in [0.15, 0.2) is 18.2 Å². The predicted molar refractivity (Wildman–Crippen MR) is 89.2 cm³/mol. The van der Waals surface area contributed by atoms with Crippen LogP contribution in [0.4, 0.5) is 0 Å². The van der Waals surface area contributed by atoms with Crippen LogP contribution in [-0.4, -0.2) is 43.3 Å². The van der Waals surface area contributed by atoms with Gasteiger partial charge in [-0.2, -0.15) is 0 Å². The molecule has 0 N–H and O–H groups in total. The zero-order valence-electron chi connectivity index (χ0n) is 12.6. The normalized spacial score (nSPS) is 16.4. The van der Waals surface area contributed by atoms with Gasteiger partial charge < -0.3 is 4.90 Å². The fourth-order valence-corrected chi connectivity index (χ4v) is 4.19. The third-order valence-corrected chi connectivity index (χ3v) is 5.43. The van der Waals surface area contributed by atoms with Gasteiger partial charge in [0.15, 0.2) is 0 Å². The van der Waals surface area contributed by atoms with E-state index in [1.165, 1.54) is 6.26 Å². The number of carbonyl (C=O) groups excluding carboxylic acids is 1. The second kappa shape index (κ2) is 6.77. The molecule has 2 rings (SSSR count). The Labute approximate surface area is 141 Å². The molecular formula is C15H19Cl2NO3S. The van der Waals surface area contributed by atoms with Gasteiger partial charge in [0.2, 0.25) is 5.91 Å². The van der Waals surface area contributed by atoms with Crippen molar-refractivity contribution in [3.63, 3.8) is 0 Å². The van der Waals surface area contributed by atoms with Crippen LogP contribution in [-0.2, 0) is 21.1 Å². The fraction of sp³-hybridized carbons (Fsp3) is 0.533. The van der Waals surface area contributed by atoms with Gasteiger partial charge in [0.05, 0.1) is 12.2 Å². The summed E-state index contributed by atoms with van der Waals surface area (Å²) in [6.07, 6.45) is 3.10. The molecule has 1 unspecified atom stereocenters. The standard InChI is InChI=1S/C15H19Cl2NO3S/c1-10(9-22(2,20)21)18(11-6-7-11)15(19)8-12-13(16)4-3-5-14(12)17/h3-5,10-11H,6-9H2,1-2H3. The molecule has 1 aromatic rings. The van der Waals surface area contributed by atoms with Crippen LogP contribution in [0, 0.1) is 0 Å². The Morgan fingerprint density at radius 1 is 1.32 bits per heavy atom. The second-order valence-electron chi connectivity index (χ2n) is 5.85. The molecule has 7 heteroatoms. The molecule has 0 aliphatic heterocycles. The summed E-state index contributed by atoms with van der Waals surface area (Å²) < 4.78 is 23.0. The number of amides is 1. The van der Waals surface area contributed by atoms with Crippen molar-refractivity contribution in [2.75, 3.05) is 12.0 Å². The molecule has 1 aromatic carbocycles. The average Bonchev–Trinajstić information content (AvgIpc) is 3.16. The van der Waals surface area contributed by atoms with Crippen LogP contribution in [0.5, 0.6) is 0 Å². The minimum absolute atomic E-state index is 0.0362. The highest BCUT2D eigenvalue weighted by Gasteiger charge is 2.36. The van der Waals surface area contributed by atoms with Gasteiger partial charge >= 0.3 is 0 Å². The maximum atomic E-state index is 12.6. The summed E-state index contributed by atoms with van der Waals surface area (Å²) in [5.41, 5.74) is 0.591. The first-order valence-electron chi connectivity index (χ1n) is 7.11. The lowest BCUT2D eigenvalue weighted by atomic mass is 10.1. The number of carbonyl (C=O) groups is 1. The molecule has 1 aliphatic carbocycles. The summed E-state index contributed by atoms with van der Waals surface area (Å²) in [7, 11) is -3.14. The lowest BCUT2D eigenvalue weighted by Crippen LogP contribution is -2.44. The number of sulfone groups is 1. The Morgan fingerprint density at radius 3 is 2.32 bits per heavy atom. The van der Waals surface area contributed by atoms with E-state index in [9.17, 15) is 13.2 Å². The van der Waals surface area contributed by atoms with Crippen LogP contribution in [0.1, 0.15) is 25.3 Å². The summed E-state index contributed by atoms with van der Waals surface area (Å²) >= 11 is 12.2. The minimum Gasteiger partial charge on any atom is -0.336 e. The first-order chi connectivity index (χ1) is 10.2. The van der Waals surface area contributed by atoms with Gasteiger partial charge in [-0.1, -0.05) is 29.3 Å². The van der Waals surface area contributed by atoms with Gasteiger partial charge in [0.25, 0.3) is 0 Å². The Balaban J connectivity index is 2.17. The van der Waals surface area contributed by atoms with E-state index >= 15 is 0 Å². The van der Waals surface area contributed by atoms with E-state index in [2.05, 4.69) is 0 Å². The topological polar surface area (TPSA) is 54.5 Å².